The van der Waals surface area contributed by atoms with Crippen LogP contribution < -0.4 is 5.32 Å². The van der Waals surface area contributed by atoms with Gasteiger partial charge in [-0.1, -0.05) is 6.07 Å². The Hall–Kier alpha value is -2.69. The minimum absolute atomic E-state index is 0.311. The van der Waals surface area contributed by atoms with Crippen molar-refractivity contribution in [2.24, 2.45) is 0 Å². The Morgan fingerprint density at radius 1 is 1.24 bits per heavy atom. The van der Waals surface area contributed by atoms with Crippen molar-refractivity contribution in [1.29, 1.82) is 0 Å². The molecule has 1 N–H and O–H groups in total. The quantitative estimate of drug-likeness (QED) is 0.784. The molecule has 0 spiro atoms. The number of carbonyl (C=O) groups excluding carboxylic acids is 1. The molecule has 2 heterocycles. The SMILES string of the molecule is Cc1ccn2c(C(=O)Nc3cccc(F)c3)c(C)nc2c1. The summed E-state index contributed by atoms with van der Waals surface area (Å²) in [5, 5.41) is 2.69. The lowest BCUT2D eigenvalue weighted by Crippen LogP contribution is -2.15. The number of aromatic nitrogens is 2. The van der Waals surface area contributed by atoms with Crippen molar-refractivity contribution in [3.05, 3.63) is 65.4 Å². The standard InChI is InChI=1S/C16H14FN3O/c1-10-6-7-20-14(8-10)18-11(2)15(20)16(21)19-13-5-3-4-12(17)9-13/h3-9H,1-2H3,(H,19,21). The monoisotopic (exact) mass is 283 g/mol. The molecule has 21 heavy (non-hydrogen) atoms. The summed E-state index contributed by atoms with van der Waals surface area (Å²) in [5.41, 5.74) is 3.30. The Morgan fingerprint density at radius 2 is 2.05 bits per heavy atom. The number of pyridine rings is 1. The van der Waals surface area contributed by atoms with Crippen LogP contribution in [0.1, 0.15) is 21.7 Å². The number of hydrogen-bond acceptors (Lipinski definition) is 2. The lowest BCUT2D eigenvalue weighted by Gasteiger charge is -2.06. The van der Waals surface area contributed by atoms with Crippen LogP contribution in [0.3, 0.4) is 0 Å². The average Bonchev–Trinajstić information content (AvgIpc) is 2.73. The minimum atomic E-state index is -0.390. The van der Waals surface area contributed by atoms with Crippen molar-refractivity contribution in [3.8, 4) is 0 Å². The first-order valence-electron chi connectivity index (χ1n) is 6.57. The molecule has 3 aromatic rings. The third kappa shape index (κ3) is 2.50. The van der Waals surface area contributed by atoms with E-state index in [1.807, 2.05) is 25.3 Å². The molecular weight excluding hydrogens is 269 g/mol. The van der Waals surface area contributed by atoms with E-state index in [0.29, 0.717) is 17.1 Å². The fourth-order valence-electron chi connectivity index (χ4n) is 2.29. The second-order valence-corrected chi connectivity index (χ2v) is 4.94. The number of imidazole rings is 1. The predicted octanol–water partition coefficient (Wildman–Crippen LogP) is 3.34. The number of aryl methyl sites for hydroxylation is 2. The summed E-state index contributed by atoms with van der Waals surface area (Å²) in [6.07, 6.45) is 1.81. The first-order valence-corrected chi connectivity index (χ1v) is 6.57. The highest BCUT2D eigenvalue weighted by Crippen LogP contribution is 2.16. The minimum Gasteiger partial charge on any atom is -0.321 e. The third-order valence-corrected chi connectivity index (χ3v) is 3.25. The van der Waals surface area contributed by atoms with Crippen LogP contribution in [0.4, 0.5) is 10.1 Å². The van der Waals surface area contributed by atoms with Gasteiger partial charge in [0.2, 0.25) is 0 Å². The normalized spacial score (nSPS) is 10.8. The molecular formula is C16H14FN3O. The number of nitrogens with zero attached hydrogens (tertiary/aromatic N) is 2. The van der Waals surface area contributed by atoms with Gasteiger partial charge in [0, 0.05) is 11.9 Å². The zero-order valence-electron chi connectivity index (χ0n) is 11.7. The Kier molecular flexibility index (Phi) is 3.17. The van der Waals surface area contributed by atoms with E-state index in [-0.39, 0.29) is 5.91 Å². The molecule has 1 aromatic carbocycles. The number of halogens is 1. The molecule has 0 radical (unpaired) electrons. The molecule has 1 amide bonds. The lowest BCUT2D eigenvalue weighted by molar-refractivity contribution is 0.102. The lowest BCUT2D eigenvalue weighted by atomic mass is 10.2. The summed E-state index contributed by atoms with van der Waals surface area (Å²) >= 11 is 0. The van der Waals surface area contributed by atoms with E-state index in [0.717, 1.165) is 11.2 Å². The number of rotatable bonds is 2. The third-order valence-electron chi connectivity index (χ3n) is 3.25. The van der Waals surface area contributed by atoms with E-state index in [1.54, 1.807) is 23.5 Å². The van der Waals surface area contributed by atoms with Gasteiger partial charge in [-0.2, -0.15) is 0 Å². The number of anilines is 1. The summed E-state index contributed by atoms with van der Waals surface area (Å²) in [5.74, 6) is -0.701. The average molecular weight is 283 g/mol. The summed E-state index contributed by atoms with van der Waals surface area (Å²) in [4.78, 5) is 16.8. The fourth-order valence-corrected chi connectivity index (χ4v) is 2.29. The van der Waals surface area contributed by atoms with Crippen molar-refractivity contribution in [2.45, 2.75) is 13.8 Å². The molecule has 106 valence electrons. The van der Waals surface area contributed by atoms with E-state index in [4.69, 9.17) is 0 Å². The first kappa shape index (κ1) is 13.3. The maximum atomic E-state index is 13.2. The molecule has 0 fully saturated rings. The van der Waals surface area contributed by atoms with Gasteiger partial charge in [0.1, 0.15) is 17.2 Å². The summed E-state index contributed by atoms with van der Waals surface area (Å²) in [7, 11) is 0. The van der Waals surface area contributed by atoms with Gasteiger partial charge in [-0.25, -0.2) is 9.37 Å². The number of fused-ring (bicyclic) bond motifs is 1. The maximum Gasteiger partial charge on any atom is 0.274 e. The van der Waals surface area contributed by atoms with Gasteiger partial charge in [0.25, 0.3) is 5.91 Å². The van der Waals surface area contributed by atoms with Crippen molar-refractivity contribution in [3.63, 3.8) is 0 Å². The van der Waals surface area contributed by atoms with Crippen LogP contribution in [-0.2, 0) is 0 Å². The predicted molar refractivity (Wildman–Crippen MR) is 79.0 cm³/mol. The van der Waals surface area contributed by atoms with Gasteiger partial charge >= 0.3 is 0 Å². The second-order valence-electron chi connectivity index (χ2n) is 4.94. The van der Waals surface area contributed by atoms with E-state index in [9.17, 15) is 9.18 Å². The maximum absolute atomic E-state index is 13.2. The van der Waals surface area contributed by atoms with Crippen LogP contribution in [0.15, 0.2) is 42.6 Å². The molecule has 0 saturated heterocycles. The Bertz CT molecular complexity index is 839. The van der Waals surface area contributed by atoms with E-state index in [1.165, 1.54) is 12.1 Å². The van der Waals surface area contributed by atoms with Crippen molar-refractivity contribution >= 4 is 17.2 Å². The number of benzene rings is 1. The van der Waals surface area contributed by atoms with Gasteiger partial charge in [-0.3, -0.25) is 9.20 Å². The number of amides is 1. The van der Waals surface area contributed by atoms with Gasteiger partial charge in [0.15, 0.2) is 0 Å². The highest BCUT2D eigenvalue weighted by Gasteiger charge is 2.16. The zero-order valence-corrected chi connectivity index (χ0v) is 11.7. The molecule has 0 aliphatic carbocycles. The van der Waals surface area contributed by atoms with Gasteiger partial charge < -0.3 is 5.32 Å². The zero-order chi connectivity index (χ0) is 15.0. The smallest absolute Gasteiger partial charge is 0.274 e. The van der Waals surface area contributed by atoms with Gasteiger partial charge in [-0.15, -0.1) is 0 Å². The molecule has 0 bridgehead atoms. The van der Waals surface area contributed by atoms with Crippen molar-refractivity contribution < 1.29 is 9.18 Å². The van der Waals surface area contributed by atoms with E-state index >= 15 is 0 Å². The molecule has 0 aliphatic heterocycles. The summed E-state index contributed by atoms with van der Waals surface area (Å²) < 4.78 is 14.9. The highest BCUT2D eigenvalue weighted by atomic mass is 19.1. The molecule has 0 saturated carbocycles. The van der Waals surface area contributed by atoms with Crippen LogP contribution >= 0.6 is 0 Å². The van der Waals surface area contributed by atoms with E-state index in [2.05, 4.69) is 10.3 Å². The van der Waals surface area contributed by atoms with Crippen LogP contribution in [0, 0.1) is 19.7 Å². The topological polar surface area (TPSA) is 46.4 Å². The Balaban J connectivity index is 2.00. The van der Waals surface area contributed by atoms with Gasteiger partial charge in [-0.05, 0) is 49.7 Å². The van der Waals surface area contributed by atoms with Crippen LogP contribution in [0.2, 0.25) is 0 Å². The fraction of sp³-hybridized carbons (Fsp3) is 0.125. The molecule has 0 aliphatic rings. The second kappa shape index (κ2) is 5.01. The summed E-state index contributed by atoms with van der Waals surface area (Å²) in [6, 6.07) is 9.62. The van der Waals surface area contributed by atoms with Crippen LogP contribution in [0.25, 0.3) is 5.65 Å². The van der Waals surface area contributed by atoms with Crippen LogP contribution in [-0.4, -0.2) is 15.3 Å². The van der Waals surface area contributed by atoms with E-state index < -0.39 is 5.82 Å². The Morgan fingerprint density at radius 3 is 2.81 bits per heavy atom. The summed E-state index contributed by atoms with van der Waals surface area (Å²) in [6.45, 7) is 3.75. The molecule has 0 unspecified atom stereocenters. The largest absolute Gasteiger partial charge is 0.321 e. The molecule has 3 rings (SSSR count). The van der Waals surface area contributed by atoms with Crippen LogP contribution in [0.5, 0.6) is 0 Å². The molecule has 4 nitrogen and oxygen atoms in total. The van der Waals surface area contributed by atoms with Crippen molar-refractivity contribution in [2.75, 3.05) is 5.32 Å². The molecule has 2 aromatic heterocycles. The number of hydrogen-bond donors (Lipinski definition) is 1. The number of carbonyl (C=O) groups is 1. The van der Waals surface area contributed by atoms with Crippen molar-refractivity contribution in [1.82, 2.24) is 9.38 Å². The van der Waals surface area contributed by atoms with Gasteiger partial charge in [0.05, 0.1) is 5.69 Å². The number of nitrogens with one attached hydrogen (secondary N) is 1. The highest BCUT2D eigenvalue weighted by molar-refractivity contribution is 6.04. The Labute approximate surface area is 121 Å². The molecule has 0 atom stereocenters. The first-order chi connectivity index (χ1) is 10.0. The molecule has 5 heteroatoms.